The molecular formula is C9H16N4S2. The molecule has 1 heterocycles. The maximum atomic E-state index is 4.96. The summed E-state index contributed by atoms with van der Waals surface area (Å²) in [5, 5.41) is 11.0. The topological polar surface area (TPSA) is 44.0 Å². The van der Waals surface area contributed by atoms with Gasteiger partial charge in [-0.3, -0.25) is 10.00 Å². The number of hydrogen-bond acceptors (Lipinski definition) is 5. The number of nitrogens with one attached hydrogen (secondary N) is 2. The zero-order valence-corrected chi connectivity index (χ0v) is 10.5. The van der Waals surface area contributed by atoms with Crippen molar-refractivity contribution in [1.82, 2.24) is 15.1 Å². The molecule has 84 valence electrons. The highest BCUT2D eigenvalue weighted by atomic mass is 32.1. The van der Waals surface area contributed by atoms with Gasteiger partial charge < -0.3 is 5.32 Å². The number of anilines is 1. The Labute approximate surface area is 98.7 Å². The predicted molar refractivity (Wildman–Crippen MR) is 66.1 cm³/mol. The first-order valence-corrected chi connectivity index (χ1v) is 6.55. The number of aromatic amines is 1. The quantitative estimate of drug-likeness (QED) is 0.752. The molecule has 0 radical (unpaired) electrons. The van der Waals surface area contributed by atoms with Crippen molar-refractivity contribution in [3.05, 3.63) is 3.95 Å². The molecule has 1 aliphatic rings. The number of likely N-dealkylation sites (N-methyl/N-ethyl adjacent to an activating group) is 1. The van der Waals surface area contributed by atoms with Gasteiger partial charge in [0, 0.05) is 19.1 Å². The lowest BCUT2D eigenvalue weighted by atomic mass is 10.4. The van der Waals surface area contributed by atoms with Crippen LogP contribution in [-0.2, 0) is 0 Å². The number of nitrogens with zero attached hydrogens (tertiary/aromatic N) is 2. The van der Waals surface area contributed by atoms with Crippen LogP contribution in [0.5, 0.6) is 0 Å². The van der Waals surface area contributed by atoms with Crippen LogP contribution in [0.3, 0.4) is 0 Å². The van der Waals surface area contributed by atoms with Crippen molar-refractivity contribution in [1.29, 1.82) is 0 Å². The van der Waals surface area contributed by atoms with Gasteiger partial charge in [-0.25, -0.2) is 0 Å². The molecular weight excluding hydrogens is 228 g/mol. The van der Waals surface area contributed by atoms with Crippen molar-refractivity contribution in [2.24, 2.45) is 0 Å². The van der Waals surface area contributed by atoms with E-state index in [2.05, 4.69) is 27.3 Å². The third-order valence-corrected chi connectivity index (χ3v) is 3.63. The molecule has 0 aliphatic heterocycles. The Morgan fingerprint density at radius 2 is 2.47 bits per heavy atom. The fourth-order valence-electron chi connectivity index (χ4n) is 1.65. The van der Waals surface area contributed by atoms with Crippen molar-refractivity contribution in [3.63, 3.8) is 0 Å². The van der Waals surface area contributed by atoms with E-state index in [1.807, 2.05) is 0 Å². The molecule has 15 heavy (non-hydrogen) atoms. The van der Waals surface area contributed by atoms with Crippen molar-refractivity contribution in [2.45, 2.75) is 25.8 Å². The van der Waals surface area contributed by atoms with E-state index in [9.17, 15) is 0 Å². The lowest BCUT2D eigenvalue weighted by Crippen LogP contribution is -2.30. The van der Waals surface area contributed by atoms with Crippen molar-refractivity contribution < 1.29 is 0 Å². The maximum absolute atomic E-state index is 4.96. The molecule has 2 N–H and O–H groups in total. The van der Waals surface area contributed by atoms with Gasteiger partial charge in [0.05, 0.1) is 0 Å². The first kappa shape index (κ1) is 11.0. The van der Waals surface area contributed by atoms with Crippen LogP contribution in [-0.4, -0.2) is 40.8 Å². The summed E-state index contributed by atoms with van der Waals surface area (Å²) in [6.45, 7) is 5.40. The van der Waals surface area contributed by atoms with Crippen LogP contribution in [0.1, 0.15) is 19.8 Å². The van der Waals surface area contributed by atoms with E-state index < -0.39 is 0 Å². The zero-order chi connectivity index (χ0) is 10.7. The van der Waals surface area contributed by atoms with E-state index in [0.29, 0.717) is 0 Å². The van der Waals surface area contributed by atoms with Gasteiger partial charge in [-0.15, -0.1) is 5.10 Å². The Morgan fingerprint density at radius 3 is 3.00 bits per heavy atom. The Morgan fingerprint density at radius 1 is 1.67 bits per heavy atom. The summed E-state index contributed by atoms with van der Waals surface area (Å²) < 4.78 is 0.729. The van der Waals surface area contributed by atoms with E-state index >= 15 is 0 Å². The minimum Gasteiger partial charge on any atom is -0.359 e. The normalized spacial score (nSPS) is 15.9. The van der Waals surface area contributed by atoms with Crippen LogP contribution in [0.25, 0.3) is 0 Å². The molecule has 1 aromatic heterocycles. The molecule has 0 amide bonds. The van der Waals surface area contributed by atoms with Gasteiger partial charge in [0.1, 0.15) is 0 Å². The van der Waals surface area contributed by atoms with Crippen LogP contribution in [0, 0.1) is 3.95 Å². The number of rotatable bonds is 6. The minimum atomic E-state index is 0.729. The summed E-state index contributed by atoms with van der Waals surface area (Å²) in [6.07, 6.45) is 2.74. The average molecular weight is 244 g/mol. The second-order valence-corrected chi connectivity index (χ2v) is 5.37. The third kappa shape index (κ3) is 3.25. The molecule has 0 atom stereocenters. The molecule has 6 heteroatoms. The maximum Gasteiger partial charge on any atom is 0.204 e. The van der Waals surface area contributed by atoms with Crippen molar-refractivity contribution in [3.8, 4) is 0 Å². The summed E-state index contributed by atoms with van der Waals surface area (Å²) in [6, 6.07) is 0.842. The minimum absolute atomic E-state index is 0.729. The second-order valence-electron chi connectivity index (χ2n) is 3.70. The smallest absolute Gasteiger partial charge is 0.204 e. The van der Waals surface area contributed by atoms with Crippen molar-refractivity contribution >= 4 is 28.7 Å². The van der Waals surface area contributed by atoms with Crippen LogP contribution >= 0.6 is 23.6 Å². The first-order valence-electron chi connectivity index (χ1n) is 5.33. The summed E-state index contributed by atoms with van der Waals surface area (Å²) in [4.78, 5) is 2.51. The lowest BCUT2D eigenvalue weighted by Gasteiger charge is -2.19. The van der Waals surface area contributed by atoms with Crippen LogP contribution < -0.4 is 5.32 Å². The van der Waals surface area contributed by atoms with Gasteiger partial charge in [-0.1, -0.05) is 18.3 Å². The largest absolute Gasteiger partial charge is 0.359 e. The molecule has 0 spiro atoms. The van der Waals surface area contributed by atoms with Gasteiger partial charge in [0.15, 0.2) is 3.95 Å². The molecule has 0 unspecified atom stereocenters. The molecule has 0 aromatic carbocycles. The van der Waals surface area contributed by atoms with Gasteiger partial charge >= 0.3 is 0 Å². The molecule has 0 saturated heterocycles. The van der Waals surface area contributed by atoms with E-state index in [1.165, 1.54) is 24.2 Å². The first-order chi connectivity index (χ1) is 7.29. The highest BCUT2D eigenvalue weighted by Gasteiger charge is 2.27. The monoisotopic (exact) mass is 244 g/mol. The van der Waals surface area contributed by atoms with E-state index in [4.69, 9.17) is 12.2 Å². The summed E-state index contributed by atoms with van der Waals surface area (Å²) >= 11 is 6.45. The highest BCUT2D eigenvalue weighted by Crippen LogP contribution is 2.26. The van der Waals surface area contributed by atoms with Gasteiger partial charge in [-0.05, 0) is 31.6 Å². The number of aromatic nitrogens is 2. The van der Waals surface area contributed by atoms with E-state index in [-0.39, 0.29) is 0 Å². The van der Waals surface area contributed by atoms with Crippen LogP contribution in [0.4, 0.5) is 5.13 Å². The summed E-state index contributed by atoms with van der Waals surface area (Å²) in [7, 11) is 0. The van der Waals surface area contributed by atoms with E-state index in [0.717, 1.165) is 34.8 Å². The van der Waals surface area contributed by atoms with Gasteiger partial charge in [0.2, 0.25) is 5.13 Å². The Kier molecular flexibility index (Phi) is 3.71. The Bertz CT molecular complexity index is 355. The average Bonchev–Trinajstić information content (AvgIpc) is 2.98. The molecule has 0 bridgehead atoms. The van der Waals surface area contributed by atoms with Gasteiger partial charge in [0.25, 0.3) is 0 Å². The molecule has 1 saturated carbocycles. The second kappa shape index (κ2) is 5.05. The van der Waals surface area contributed by atoms with Crippen molar-refractivity contribution in [2.75, 3.05) is 25.0 Å². The SMILES string of the molecule is CCN(CCNc1n[nH]c(=S)s1)C1CC1. The molecule has 2 rings (SSSR count). The number of hydrogen-bond donors (Lipinski definition) is 2. The molecule has 1 fully saturated rings. The zero-order valence-electron chi connectivity index (χ0n) is 8.82. The Balaban J connectivity index is 1.71. The molecule has 4 nitrogen and oxygen atoms in total. The van der Waals surface area contributed by atoms with Gasteiger partial charge in [-0.2, -0.15) is 0 Å². The lowest BCUT2D eigenvalue weighted by molar-refractivity contribution is 0.289. The fraction of sp³-hybridized carbons (Fsp3) is 0.778. The fourth-order valence-corrected chi connectivity index (χ4v) is 2.47. The standard InChI is InChI=1S/C9H16N4S2/c1-2-13(7-3-4-7)6-5-10-8-11-12-9(14)15-8/h7H,2-6H2,1H3,(H,10,11)(H,12,14). The molecule has 1 aliphatic carbocycles. The van der Waals surface area contributed by atoms with Crippen LogP contribution in [0.15, 0.2) is 0 Å². The van der Waals surface area contributed by atoms with E-state index in [1.54, 1.807) is 0 Å². The third-order valence-electron chi connectivity index (χ3n) is 2.58. The highest BCUT2D eigenvalue weighted by molar-refractivity contribution is 7.73. The molecule has 1 aromatic rings. The Hall–Kier alpha value is -0.460. The van der Waals surface area contributed by atoms with Crippen LogP contribution in [0.2, 0.25) is 0 Å². The predicted octanol–water partition coefficient (Wildman–Crippen LogP) is 2.10. The summed E-state index contributed by atoms with van der Waals surface area (Å²) in [5.41, 5.74) is 0. The summed E-state index contributed by atoms with van der Waals surface area (Å²) in [5.74, 6) is 0. The number of H-pyrrole nitrogens is 1.